The molecule has 0 amide bonds. The second kappa shape index (κ2) is 14.2. The zero-order chi connectivity index (χ0) is 12.6. The predicted molar refractivity (Wildman–Crippen MR) is 56.1 cm³/mol. The van der Waals surface area contributed by atoms with Gasteiger partial charge in [-0.25, -0.2) is 4.79 Å². The van der Waals surface area contributed by atoms with Crippen molar-refractivity contribution in [1.82, 2.24) is 0 Å². The molecule has 0 radical (unpaired) electrons. The number of carbonyl (C=O) groups excluding carboxylic acids is 1. The molecular weight excluding hydrogens is 280 g/mol. The van der Waals surface area contributed by atoms with Gasteiger partial charge in [-0.05, 0) is 37.2 Å². The normalized spacial score (nSPS) is 11.9. The van der Waals surface area contributed by atoms with Gasteiger partial charge in [-0.3, -0.25) is 4.99 Å². The maximum absolute atomic E-state index is 11.1. The third kappa shape index (κ3) is 13.2. The number of thioether (sulfide) groups is 1. The first-order chi connectivity index (χ1) is 7.47. The van der Waals surface area contributed by atoms with Crippen molar-refractivity contribution in [2.45, 2.75) is 25.3 Å². The summed E-state index contributed by atoms with van der Waals surface area (Å²) in [5.41, 5.74) is 0. The Morgan fingerprint density at radius 3 is 2.22 bits per heavy atom. The Bertz CT molecular complexity index is 288. The maximum Gasteiger partial charge on any atom is 1.00 e. The van der Waals surface area contributed by atoms with E-state index in [9.17, 15) is 19.8 Å². The number of carboxylic acids is 2. The molecule has 0 heterocycles. The number of rotatable bonds is 8. The summed E-state index contributed by atoms with van der Waals surface area (Å²) >= 11 is 1.45. The van der Waals surface area contributed by atoms with Crippen molar-refractivity contribution in [3.8, 4) is 0 Å². The molecule has 18 heavy (non-hydrogen) atoms. The van der Waals surface area contributed by atoms with Gasteiger partial charge in [0.25, 0.3) is 0 Å². The van der Waals surface area contributed by atoms with E-state index in [2.05, 4.69) is 4.99 Å². The van der Waals surface area contributed by atoms with E-state index in [1.54, 1.807) is 0 Å². The van der Waals surface area contributed by atoms with E-state index in [0.717, 1.165) is 0 Å². The van der Waals surface area contributed by atoms with E-state index in [-0.39, 0.29) is 72.0 Å². The van der Waals surface area contributed by atoms with Crippen LogP contribution in [0.4, 0.5) is 0 Å². The number of carbonyl (C=O) groups is 2. The predicted octanol–water partition coefficient (Wildman–Crippen LogP) is -7.51. The number of nitrogens with zero attached hydrogens (tertiary/aromatic N) is 1. The van der Waals surface area contributed by atoms with Gasteiger partial charge < -0.3 is 20.1 Å². The van der Waals surface area contributed by atoms with Gasteiger partial charge in [0.2, 0.25) is 0 Å². The maximum atomic E-state index is 11.1. The summed E-state index contributed by atoms with van der Waals surface area (Å²) in [5, 5.41) is 29.9. The molecule has 6 nitrogen and oxygen atoms in total. The molecule has 0 aliphatic rings. The van der Waals surface area contributed by atoms with Gasteiger partial charge in [-0.1, -0.05) is 0 Å². The molecule has 1 N–H and O–H groups in total. The van der Waals surface area contributed by atoms with Crippen molar-refractivity contribution in [3.63, 3.8) is 0 Å². The molecule has 92 valence electrons. The Hall–Kier alpha value is 0.760. The molecule has 0 rings (SSSR count). The standard InChI is InChI=1S/C9H15NO5S.2Na/c1-16-5-4-6(9(14)15)10-7(11)2-3-8(12)13;;/h6H,2-5H2,1H3,(H,10,11)(H,12,13)(H,14,15);;/q;2*+1/p-2/t6-;;/m0../s1. The summed E-state index contributed by atoms with van der Waals surface area (Å²) in [5.74, 6) is -2.65. The molecule has 0 aliphatic heterocycles. The summed E-state index contributed by atoms with van der Waals surface area (Å²) in [7, 11) is 0. The molecule has 0 spiro atoms. The minimum absolute atomic E-state index is 0. The van der Waals surface area contributed by atoms with Crippen LogP contribution < -0.4 is 69.3 Å². The van der Waals surface area contributed by atoms with Gasteiger partial charge >= 0.3 is 65.1 Å². The second-order valence-corrected chi connectivity index (χ2v) is 4.02. The summed E-state index contributed by atoms with van der Waals surface area (Å²) in [6, 6.07) is -1.08. The molecule has 0 saturated carbocycles. The van der Waals surface area contributed by atoms with E-state index in [1.807, 2.05) is 6.26 Å². The Morgan fingerprint density at radius 2 is 1.83 bits per heavy atom. The minimum atomic E-state index is -1.35. The van der Waals surface area contributed by atoms with Gasteiger partial charge in [0, 0.05) is 5.97 Å². The van der Waals surface area contributed by atoms with Gasteiger partial charge in [-0.15, -0.1) is 0 Å². The van der Waals surface area contributed by atoms with Crippen LogP contribution in [-0.4, -0.2) is 41.0 Å². The van der Waals surface area contributed by atoms with Crippen molar-refractivity contribution < 1.29 is 84.0 Å². The Balaban J connectivity index is -0.00000112. The van der Waals surface area contributed by atoms with Crippen molar-refractivity contribution in [2.75, 3.05) is 12.0 Å². The monoisotopic (exact) mass is 293 g/mol. The molecule has 0 aliphatic carbocycles. The Morgan fingerprint density at radius 1 is 1.28 bits per heavy atom. The fourth-order valence-corrected chi connectivity index (χ4v) is 1.38. The van der Waals surface area contributed by atoms with Gasteiger partial charge in [0.05, 0.1) is 0 Å². The van der Waals surface area contributed by atoms with Gasteiger partial charge in [-0.2, -0.15) is 11.8 Å². The summed E-state index contributed by atoms with van der Waals surface area (Å²) in [4.78, 5) is 24.2. The Labute approximate surface area is 154 Å². The third-order valence-corrected chi connectivity index (χ3v) is 2.37. The molecule has 0 fully saturated rings. The van der Waals surface area contributed by atoms with E-state index < -0.39 is 30.3 Å². The molecule has 0 aromatic carbocycles. The van der Waals surface area contributed by atoms with Crippen molar-refractivity contribution >= 4 is 29.6 Å². The first kappa shape index (κ1) is 23.8. The summed E-state index contributed by atoms with van der Waals surface area (Å²) in [6.07, 6.45) is 1.33. The SMILES string of the molecule is CSCC[C@H](N=C([O-])CCC(=O)[O-])C(=O)O.[Na+].[Na+]. The number of hydrogen-bond acceptors (Lipinski definition) is 6. The Kier molecular flexibility index (Phi) is 18.8. The number of aliphatic carboxylic acids is 2. The quantitative estimate of drug-likeness (QED) is 0.270. The molecule has 0 aromatic heterocycles. The van der Waals surface area contributed by atoms with Crippen LogP contribution >= 0.6 is 11.8 Å². The summed E-state index contributed by atoms with van der Waals surface area (Å²) in [6.45, 7) is 0. The van der Waals surface area contributed by atoms with Gasteiger partial charge in [0.1, 0.15) is 6.04 Å². The average Bonchev–Trinajstić information content (AvgIpc) is 2.20. The van der Waals surface area contributed by atoms with E-state index >= 15 is 0 Å². The molecule has 0 bridgehead atoms. The van der Waals surface area contributed by atoms with Crippen LogP contribution in [0.1, 0.15) is 19.3 Å². The number of carboxylic acid groups (broad SMARTS) is 2. The smallest absolute Gasteiger partial charge is 0.862 e. The van der Waals surface area contributed by atoms with Crippen LogP contribution in [0.3, 0.4) is 0 Å². The van der Waals surface area contributed by atoms with Crippen LogP contribution in [0.25, 0.3) is 0 Å². The second-order valence-electron chi connectivity index (χ2n) is 3.03. The average molecular weight is 293 g/mol. The fraction of sp³-hybridized carbons (Fsp3) is 0.667. The fourth-order valence-electron chi connectivity index (χ4n) is 0.920. The van der Waals surface area contributed by atoms with Crippen molar-refractivity contribution in [2.24, 2.45) is 4.99 Å². The zero-order valence-corrected chi connectivity index (χ0v) is 15.7. The largest absolute Gasteiger partial charge is 1.00 e. The summed E-state index contributed by atoms with van der Waals surface area (Å²) < 4.78 is 0. The first-order valence-electron chi connectivity index (χ1n) is 4.62. The van der Waals surface area contributed by atoms with Crippen LogP contribution in [0.5, 0.6) is 0 Å². The first-order valence-corrected chi connectivity index (χ1v) is 6.02. The molecule has 0 saturated heterocycles. The van der Waals surface area contributed by atoms with E-state index in [4.69, 9.17) is 5.11 Å². The van der Waals surface area contributed by atoms with Crippen LogP contribution in [0.2, 0.25) is 0 Å². The topological polar surface area (TPSA) is 113 Å². The van der Waals surface area contributed by atoms with Crippen molar-refractivity contribution in [3.05, 3.63) is 0 Å². The van der Waals surface area contributed by atoms with Crippen LogP contribution in [-0.2, 0) is 9.59 Å². The van der Waals surface area contributed by atoms with Gasteiger partial charge in [0.15, 0.2) is 0 Å². The molecule has 9 heteroatoms. The molecular formula is C9H13NNa2O5S. The molecule has 1 atom stereocenters. The number of hydrogen-bond donors (Lipinski definition) is 1. The molecule has 0 unspecified atom stereocenters. The van der Waals surface area contributed by atoms with Crippen LogP contribution in [0.15, 0.2) is 4.99 Å². The third-order valence-electron chi connectivity index (χ3n) is 1.72. The van der Waals surface area contributed by atoms with E-state index in [1.165, 1.54) is 11.8 Å². The minimum Gasteiger partial charge on any atom is -0.862 e. The number of aliphatic imine (C=N–C) groups is 1. The molecule has 0 aromatic rings. The van der Waals surface area contributed by atoms with E-state index in [0.29, 0.717) is 5.75 Å². The van der Waals surface area contributed by atoms with Crippen molar-refractivity contribution in [1.29, 1.82) is 0 Å². The van der Waals surface area contributed by atoms with Crippen LogP contribution in [0, 0.1) is 0 Å². The zero-order valence-electron chi connectivity index (χ0n) is 10.8.